The minimum absolute atomic E-state index is 0.203. The van der Waals surface area contributed by atoms with Gasteiger partial charge in [0.15, 0.2) is 0 Å². The van der Waals surface area contributed by atoms with Crippen molar-refractivity contribution in [1.82, 2.24) is 19.9 Å². The van der Waals surface area contributed by atoms with E-state index in [4.69, 9.17) is 15.5 Å². The fourth-order valence-corrected chi connectivity index (χ4v) is 4.72. The van der Waals surface area contributed by atoms with Crippen LogP contribution < -0.4 is 21.1 Å². The normalized spacial score (nSPS) is 16.4. The maximum absolute atomic E-state index is 12.5. The number of hydrogen-bond acceptors (Lipinski definition) is 6. The number of fused-ring (bicyclic) bond motifs is 1. The smallest absolute Gasteiger partial charge is 0.257 e. The van der Waals surface area contributed by atoms with Gasteiger partial charge in [0.1, 0.15) is 24.3 Å². The minimum Gasteiger partial charge on any atom is -0.489 e. The Bertz CT molecular complexity index is 1460. The fourth-order valence-electron chi connectivity index (χ4n) is 4.72. The minimum atomic E-state index is -0.324. The van der Waals surface area contributed by atoms with E-state index in [1.807, 2.05) is 60.9 Å². The first-order chi connectivity index (χ1) is 18.2. The molecule has 1 atom stereocenters. The van der Waals surface area contributed by atoms with Gasteiger partial charge >= 0.3 is 0 Å². The van der Waals surface area contributed by atoms with Crippen LogP contribution >= 0.6 is 0 Å². The molecule has 37 heavy (non-hydrogen) atoms. The molecule has 1 aliphatic carbocycles. The van der Waals surface area contributed by atoms with Gasteiger partial charge in [-0.3, -0.25) is 9.78 Å². The standard InChI is InChI=1S/C29H28N6O2/c30-27-26-25(34-28(20-6-2-7-20)35(26)14-13-32-27)21-8-3-11-24(16-21)37-18-19-5-1-10-23(15-19)33-29(36)22-9-4-12-31-17-22/h1,3-5,8-17,20,27,32H,2,6-7,18,30H2,(H,33,36). The highest BCUT2D eigenvalue weighted by atomic mass is 16.5. The van der Waals surface area contributed by atoms with Crippen molar-refractivity contribution in [3.63, 3.8) is 0 Å². The first kappa shape index (κ1) is 23.0. The summed E-state index contributed by atoms with van der Waals surface area (Å²) < 4.78 is 8.29. The average Bonchev–Trinajstić information content (AvgIpc) is 3.28. The third kappa shape index (κ3) is 4.71. The van der Waals surface area contributed by atoms with E-state index >= 15 is 0 Å². The Morgan fingerprint density at radius 2 is 2.03 bits per heavy atom. The molecule has 186 valence electrons. The molecule has 1 aliphatic heterocycles. The van der Waals surface area contributed by atoms with Crippen molar-refractivity contribution >= 4 is 17.8 Å². The summed E-state index contributed by atoms with van der Waals surface area (Å²) in [6.45, 7) is 0.360. The van der Waals surface area contributed by atoms with E-state index < -0.39 is 0 Å². The summed E-state index contributed by atoms with van der Waals surface area (Å²) in [7, 11) is 0. The van der Waals surface area contributed by atoms with Crippen molar-refractivity contribution in [3.8, 4) is 17.0 Å². The number of nitrogens with zero attached hydrogens (tertiary/aromatic N) is 3. The van der Waals surface area contributed by atoms with Crippen LogP contribution in [0.1, 0.15) is 58.8 Å². The molecule has 3 heterocycles. The van der Waals surface area contributed by atoms with E-state index in [0.717, 1.165) is 46.9 Å². The van der Waals surface area contributed by atoms with Crippen molar-refractivity contribution in [1.29, 1.82) is 0 Å². The molecule has 0 bridgehead atoms. The SMILES string of the molecule is NC1NC=Cn2c(C3CCC3)nc(-c3cccc(OCc4cccc(NC(=O)c5cccnc5)c4)c3)c21. The van der Waals surface area contributed by atoms with Crippen LogP contribution in [0.2, 0.25) is 0 Å². The van der Waals surface area contributed by atoms with Gasteiger partial charge in [-0.15, -0.1) is 0 Å². The second kappa shape index (κ2) is 9.91. The van der Waals surface area contributed by atoms with Gasteiger partial charge in [-0.25, -0.2) is 4.98 Å². The number of ether oxygens (including phenoxy) is 1. The Kier molecular flexibility index (Phi) is 6.16. The lowest BCUT2D eigenvalue weighted by Crippen LogP contribution is -2.30. The van der Waals surface area contributed by atoms with Crippen LogP contribution in [0.4, 0.5) is 5.69 Å². The number of nitrogens with two attached hydrogens (primary N) is 1. The molecule has 2 aromatic carbocycles. The second-order valence-electron chi connectivity index (χ2n) is 9.37. The largest absolute Gasteiger partial charge is 0.489 e. The van der Waals surface area contributed by atoms with Gasteiger partial charge in [0.2, 0.25) is 0 Å². The van der Waals surface area contributed by atoms with Gasteiger partial charge in [-0.05, 0) is 54.8 Å². The Morgan fingerprint density at radius 3 is 2.84 bits per heavy atom. The van der Waals surface area contributed by atoms with E-state index in [-0.39, 0.29) is 12.1 Å². The fraction of sp³-hybridized carbons (Fsp3) is 0.207. The Labute approximate surface area is 215 Å². The van der Waals surface area contributed by atoms with E-state index in [1.54, 1.807) is 24.5 Å². The number of imidazole rings is 1. The first-order valence-corrected chi connectivity index (χ1v) is 12.5. The average molecular weight is 493 g/mol. The topological polar surface area (TPSA) is 107 Å². The number of carbonyl (C=O) groups is 1. The molecule has 2 aliphatic rings. The molecule has 8 heteroatoms. The van der Waals surface area contributed by atoms with E-state index in [1.165, 1.54) is 6.42 Å². The zero-order chi connectivity index (χ0) is 25.2. The molecule has 2 aromatic heterocycles. The summed E-state index contributed by atoms with van der Waals surface area (Å²) in [5.41, 5.74) is 11.4. The Morgan fingerprint density at radius 1 is 1.14 bits per heavy atom. The first-order valence-electron chi connectivity index (χ1n) is 12.5. The Hall–Kier alpha value is -4.43. The highest BCUT2D eigenvalue weighted by molar-refractivity contribution is 6.04. The van der Waals surface area contributed by atoms with E-state index in [9.17, 15) is 4.79 Å². The third-order valence-electron chi connectivity index (χ3n) is 6.86. The summed E-state index contributed by atoms with van der Waals surface area (Å²) in [4.78, 5) is 21.5. The molecule has 4 aromatic rings. The van der Waals surface area contributed by atoms with E-state index in [0.29, 0.717) is 23.8 Å². The lowest BCUT2D eigenvalue weighted by Gasteiger charge is -2.27. The number of amides is 1. The van der Waals surface area contributed by atoms with Gasteiger partial charge in [0.05, 0.1) is 17.0 Å². The number of rotatable bonds is 7. The quantitative estimate of drug-likeness (QED) is 0.334. The molecule has 1 saturated carbocycles. The molecular weight excluding hydrogens is 464 g/mol. The molecule has 1 amide bonds. The molecule has 1 unspecified atom stereocenters. The lowest BCUT2D eigenvalue weighted by atomic mass is 9.85. The third-order valence-corrected chi connectivity index (χ3v) is 6.86. The molecule has 6 rings (SSSR count). The van der Waals surface area contributed by atoms with Crippen molar-refractivity contribution in [2.45, 2.75) is 38.0 Å². The highest BCUT2D eigenvalue weighted by Gasteiger charge is 2.30. The van der Waals surface area contributed by atoms with Crippen molar-refractivity contribution in [2.24, 2.45) is 5.73 Å². The van der Waals surface area contributed by atoms with E-state index in [2.05, 4.69) is 20.2 Å². The number of hydrogen-bond donors (Lipinski definition) is 3. The number of carbonyl (C=O) groups excluding carboxylic acids is 1. The van der Waals surface area contributed by atoms with Crippen LogP contribution in [0.25, 0.3) is 17.5 Å². The molecule has 0 radical (unpaired) electrons. The van der Waals surface area contributed by atoms with Crippen LogP contribution in [-0.4, -0.2) is 20.4 Å². The van der Waals surface area contributed by atoms with Gasteiger partial charge in [-0.1, -0.05) is 30.7 Å². The van der Waals surface area contributed by atoms with Gasteiger partial charge in [0.25, 0.3) is 5.91 Å². The van der Waals surface area contributed by atoms with Gasteiger partial charge < -0.3 is 25.7 Å². The molecule has 8 nitrogen and oxygen atoms in total. The van der Waals surface area contributed by atoms with Crippen LogP contribution in [-0.2, 0) is 6.61 Å². The second-order valence-corrected chi connectivity index (χ2v) is 9.37. The van der Waals surface area contributed by atoms with Crippen LogP contribution in [0.5, 0.6) is 5.75 Å². The summed E-state index contributed by atoms with van der Waals surface area (Å²) in [6.07, 6.45) is 10.3. The maximum Gasteiger partial charge on any atom is 0.257 e. The number of aromatic nitrogens is 3. The monoisotopic (exact) mass is 492 g/mol. The molecule has 4 N–H and O–H groups in total. The van der Waals surface area contributed by atoms with Gasteiger partial charge in [-0.2, -0.15) is 0 Å². The summed E-state index contributed by atoms with van der Waals surface area (Å²) >= 11 is 0. The van der Waals surface area contributed by atoms with Crippen molar-refractivity contribution < 1.29 is 9.53 Å². The molecular formula is C29H28N6O2. The number of nitrogens with one attached hydrogen (secondary N) is 2. The maximum atomic E-state index is 12.5. The van der Waals surface area contributed by atoms with Crippen molar-refractivity contribution in [2.75, 3.05) is 5.32 Å². The van der Waals surface area contributed by atoms with Crippen LogP contribution in [0, 0.1) is 0 Å². The predicted octanol–water partition coefficient (Wildman–Crippen LogP) is 5.03. The molecule has 0 spiro atoms. The lowest BCUT2D eigenvalue weighted by molar-refractivity contribution is 0.102. The summed E-state index contributed by atoms with van der Waals surface area (Å²) in [6, 6.07) is 19.1. The van der Waals surface area contributed by atoms with Crippen molar-refractivity contribution in [3.05, 3.63) is 102 Å². The number of pyridine rings is 1. The Balaban J connectivity index is 1.19. The zero-order valence-electron chi connectivity index (χ0n) is 20.3. The van der Waals surface area contributed by atoms with Gasteiger partial charge in [0, 0.05) is 42.0 Å². The highest BCUT2D eigenvalue weighted by Crippen LogP contribution is 2.40. The summed E-state index contributed by atoms with van der Waals surface area (Å²) in [5, 5.41) is 6.11. The predicted molar refractivity (Wildman–Crippen MR) is 143 cm³/mol. The van der Waals surface area contributed by atoms with Crippen LogP contribution in [0.3, 0.4) is 0 Å². The van der Waals surface area contributed by atoms with Crippen LogP contribution in [0.15, 0.2) is 79.3 Å². The number of anilines is 1. The number of benzene rings is 2. The molecule has 0 saturated heterocycles. The summed E-state index contributed by atoms with van der Waals surface area (Å²) in [5.74, 6) is 2.10. The molecule has 1 fully saturated rings. The zero-order valence-corrected chi connectivity index (χ0v) is 20.3.